The Morgan fingerprint density at radius 2 is 2.25 bits per heavy atom. The minimum Gasteiger partial charge on any atom is -0.271 e. The molecule has 4 heterocycles. The average Bonchev–Trinajstić information content (AvgIpc) is 2.91. The lowest BCUT2D eigenvalue weighted by atomic mass is 10.2. The van der Waals surface area contributed by atoms with E-state index in [4.69, 9.17) is 0 Å². The first-order valence-electron chi connectivity index (χ1n) is 4.74. The molecule has 16 heavy (non-hydrogen) atoms. The molecule has 0 saturated heterocycles. The van der Waals surface area contributed by atoms with Gasteiger partial charge < -0.3 is 0 Å². The summed E-state index contributed by atoms with van der Waals surface area (Å²) in [4.78, 5) is 9.48. The Labute approximate surface area is 93.4 Å². The van der Waals surface area contributed by atoms with Gasteiger partial charge in [0.05, 0.1) is 10.1 Å². The largest absolute Gasteiger partial charge is 0.271 e. The number of rotatable bonds is 0. The Morgan fingerprint density at radius 1 is 1.25 bits per heavy atom. The third-order valence-corrected chi connectivity index (χ3v) is 3.62. The summed E-state index contributed by atoms with van der Waals surface area (Å²) in [6.45, 7) is 0. The highest BCUT2D eigenvalue weighted by atomic mass is 32.1. The minimum atomic E-state index is 0.849. The summed E-state index contributed by atoms with van der Waals surface area (Å²) in [5, 5.41) is 10.2. The zero-order chi connectivity index (χ0) is 10.5. The number of aromatic nitrogens is 5. The maximum atomic E-state index is 4.39. The highest BCUT2D eigenvalue weighted by molar-refractivity contribution is 7.25. The van der Waals surface area contributed by atoms with Gasteiger partial charge in [-0.15, -0.1) is 21.5 Å². The first-order valence-corrected chi connectivity index (χ1v) is 5.56. The van der Waals surface area contributed by atoms with Crippen molar-refractivity contribution in [3.63, 3.8) is 0 Å². The second-order valence-electron chi connectivity index (χ2n) is 3.46. The van der Waals surface area contributed by atoms with Crippen LogP contribution in [-0.4, -0.2) is 24.6 Å². The van der Waals surface area contributed by atoms with E-state index in [-0.39, 0.29) is 0 Å². The van der Waals surface area contributed by atoms with Crippen LogP contribution in [-0.2, 0) is 0 Å². The van der Waals surface area contributed by atoms with E-state index >= 15 is 0 Å². The number of nitrogens with zero attached hydrogens (tertiary/aromatic N) is 5. The van der Waals surface area contributed by atoms with E-state index in [2.05, 4.69) is 20.2 Å². The van der Waals surface area contributed by atoms with E-state index in [9.17, 15) is 0 Å². The molecule has 0 aliphatic carbocycles. The van der Waals surface area contributed by atoms with Crippen LogP contribution in [0.4, 0.5) is 0 Å². The summed E-state index contributed by atoms with van der Waals surface area (Å²) in [5.41, 5.74) is 0.849. The van der Waals surface area contributed by atoms with Gasteiger partial charge in [-0.2, -0.15) is 0 Å². The fraction of sp³-hybridized carbons (Fsp3) is 0. The van der Waals surface area contributed by atoms with Crippen LogP contribution in [0.5, 0.6) is 0 Å². The Bertz CT molecular complexity index is 816. The summed E-state index contributed by atoms with van der Waals surface area (Å²) in [7, 11) is 0. The van der Waals surface area contributed by atoms with Crippen LogP contribution in [0.3, 0.4) is 0 Å². The van der Waals surface area contributed by atoms with E-state index in [1.807, 2.05) is 16.7 Å². The monoisotopic (exact) mass is 227 g/mol. The number of hydrogen-bond acceptors (Lipinski definition) is 5. The molecule has 0 amide bonds. The summed E-state index contributed by atoms with van der Waals surface area (Å²) >= 11 is 1.63. The maximum absolute atomic E-state index is 4.39. The van der Waals surface area contributed by atoms with Crippen molar-refractivity contribution in [2.24, 2.45) is 0 Å². The zero-order valence-corrected chi connectivity index (χ0v) is 8.85. The first kappa shape index (κ1) is 8.12. The topological polar surface area (TPSA) is 56.0 Å². The number of thiophene rings is 1. The summed E-state index contributed by atoms with van der Waals surface area (Å²) in [6.07, 6.45) is 7.04. The molecule has 4 aromatic rings. The van der Waals surface area contributed by atoms with Crippen molar-refractivity contribution in [2.75, 3.05) is 0 Å². The van der Waals surface area contributed by atoms with Gasteiger partial charge in [0.25, 0.3) is 0 Å². The highest BCUT2D eigenvalue weighted by Gasteiger charge is 2.10. The van der Waals surface area contributed by atoms with Crippen LogP contribution in [0.25, 0.3) is 25.9 Å². The molecule has 6 heteroatoms. The SMILES string of the molecule is c1cc2c(cn1)sc1ncn3cnnc3c12. The van der Waals surface area contributed by atoms with Gasteiger partial charge in [0, 0.05) is 17.8 Å². The molecule has 0 aliphatic heterocycles. The van der Waals surface area contributed by atoms with Gasteiger partial charge >= 0.3 is 0 Å². The number of hydrogen-bond donors (Lipinski definition) is 0. The van der Waals surface area contributed by atoms with Crippen LogP contribution < -0.4 is 0 Å². The van der Waals surface area contributed by atoms with Crippen molar-refractivity contribution in [1.29, 1.82) is 0 Å². The fourth-order valence-electron chi connectivity index (χ4n) is 1.87. The molecule has 76 valence electrons. The number of pyridine rings is 1. The van der Waals surface area contributed by atoms with Crippen LogP contribution in [0.1, 0.15) is 0 Å². The lowest BCUT2D eigenvalue weighted by Crippen LogP contribution is -1.85. The molecule has 0 aliphatic rings. The van der Waals surface area contributed by atoms with Crippen molar-refractivity contribution < 1.29 is 0 Å². The fourth-order valence-corrected chi connectivity index (χ4v) is 2.87. The van der Waals surface area contributed by atoms with Crippen molar-refractivity contribution in [3.05, 3.63) is 31.1 Å². The highest BCUT2D eigenvalue weighted by Crippen LogP contribution is 2.33. The molecule has 0 N–H and O–H groups in total. The second kappa shape index (κ2) is 2.73. The molecular weight excluding hydrogens is 222 g/mol. The first-order chi connectivity index (χ1) is 7.93. The summed E-state index contributed by atoms with van der Waals surface area (Å²) < 4.78 is 2.95. The smallest absolute Gasteiger partial charge is 0.172 e. The Balaban J connectivity index is 2.42. The van der Waals surface area contributed by atoms with Crippen LogP contribution in [0.2, 0.25) is 0 Å². The molecule has 4 aromatic heterocycles. The minimum absolute atomic E-state index is 0.849. The number of fused-ring (bicyclic) bond motifs is 5. The summed E-state index contributed by atoms with van der Waals surface area (Å²) in [6, 6.07) is 1.99. The van der Waals surface area contributed by atoms with E-state index in [0.29, 0.717) is 0 Å². The van der Waals surface area contributed by atoms with Crippen LogP contribution in [0.15, 0.2) is 31.1 Å². The van der Waals surface area contributed by atoms with E-state index in [1.165, 1.54) is 0 Å². The maximum Gasteiger partial charge on any atom is 0.172 e. The van der Waals surface area contributed by atoms with Crippen LogP contribution >= 0.6 is 11.3 Å². The quantitative estimate of drug-likeness (QED) is 0.460. The van der Waals surface area contributed by atoms with Gasteiger partial charge in [-0.25, -0.2) is 4.98 Å². The van der Waals surface area contributed by atoms with E-state index in [0.717, 1.165) is 25.9 Å². The van der Waals surface area contributed by atoms with E-state index < -0.39 is 0 Å². The summed E-state index contributed by atoms with van der Waals surface area (Å²) in [5.74, 6) is 0. The predicted molar refractivity (Wildman–Crippen MR) is 61.5 cm³/mol. The van der Waals surface area contributed by atoms with Crippen molar-refractivity contribution in [2.45, 2.75) is 0 Å². The Kier molecular flexibility index (Phi) is 1.39. The van der Waals surface area contributed by atoms with Gasteiger partial charge in [0.2, 0.25) is 0 Å². The predicted octanol–water partition coefficient (Wildman–Crippen LogP) is 1.89. The lowest BCUT2D eigenvalue weighted by Gasteiger charge is -1.93. The molecule has 0 radical (unpaired) electrons. The normalized spacial score (nSPS) is 11.8. The molecule has 4 rings (SSSR count). The molecule has 0 saturated carbocycles. The van der Waals surface area contributed by atoms with Crippen molar-refractivity contribution >= 4 is 37.3 Å². The molecule has 0 spiro atoms. The zero-order valence-electron chi connectivity index (χ0n) is 8.03. The molecule has 0 unspecified atom stereocenters. The van der Waals surface area contributed by atoms with Gasteiger partial charge in [-0.05, 0) is 6.07 Å². The molecule has 0 bridgehead atoms. The van der Waals surface area contributed by atoms with Gasteiger partial charge in [-0.3, -0.25) is 9.38 Å². The molecule has 0 fully saturated rings. The molecule has 5 nitrogen and oxygen atoms in total. The Hall–Kier alpha value is -2.08. The van der Waals surface area contributed by atoms with Crippen molar-refractivity contribution in [1.82, 2.24) is 24.6 Å². The third kappa shape index (κ3) is 0.892. The van der Waals surface area contributed by atoms with Crippen molar-refractivity contribution in [3.8, 4) is 0 Å². The third-order valence-electron chi connectivity index (χ3n) is 2.57. The van der Waals surface area contributed by atoms with Gasteiger partial charge in [0.15, 0.2) is 5.65 Å². The average molecular weight is 227 g/mol. The molecule has 0 aromatic carbocycles. The Morgan fingerprint density at radius 3 is 3.25 bits per heavy atom. The second-order valence-corrected chi connectivity index (χ2v) is 4.49. The van der Waals surface area contributed by atoms with E-state index in [1.54, 1.807) is 30.2 Å². The van der Waals surface area contributed by atoms with Gasteiger partial charge in [-0.1, -0.05) is 0 Å². The lowest BCUT2D eigenvalue weighted by molar-refractivity contribution is 1.08. The van der Waals surface area contributed by atoms with Gasteiger partial charge in [0.1, 0.15) is 17.5 Å². The molecule has 0 atom stereocenters. The standard InChI is InChI=1S/C10H5N5S/c1-2-11-3-7-6(1)8-9-14-13-5-15(9)4-12-10(8)16-7/h1-5H. The molecular formula is C10H5N5S. The van der Waals surface area contributed by atoms with Crippen LogP contribution in [0, 0.1) is 0 Å².